The fraction of sp³-hybridized carbons (Fsp3) is 0.323. The molecule has 0 unspecified atom stereocenters. The third-order valence-corrected chi connectivity index (χ3v) is 12.6. The Balaban J connectivity index is 0.00000840. The van der Waals surface area contributed by atoms with Crippen LogP contribution in [-0.2, 0) is 48.1 Å². The SMILES string of the molecule is [2H]C([2H])([2H])C(c1ccc(-c2ccnc(-c3[c-]c(-c4cccc5c4nc(-c4cc(C(C)(C)C)cc(C(C)(C)C)c4O)n5-c4cc(-c5ccccc5)cc(C(C)(C)C)c4)cc(C(C)(C)C)c3)c2)cc1)(C([2H])([2H])[2H])C([2H])([2H])[2H].[Pt]. The molecule has 2 heterocycles. The van der Waals surface area contributed by atoms with Gasteiger partial charge in [0, 0.05) is 56.5 Å². The van der Waals surface area contributed by atoms with Gasteiger partial charge in [-0.25, -0.2) is 4.98 Å². The van der Waals surface area contributed by atoms with E-state index in [1.165, 1.54) is 12.1 Å². The molecule has 0 amide bonds. The number of pyridine rings is 1. The summed E-state index contributed by atoms with van der Waals surface area (Å²) in [6.07, 6.45) is 1.67. The Morgan fingerprint density at radius 1 is 0.507 bits per heavy atom. The normalized spacial score (nSPS) is 15.2. The molecule has 0 spiro atoms. The van der Waals surface area contributed by atoms with Gasteiger partial charge in [0.1, 0.15) is 11.6 Å². The molecule has 0 radical (unpaired) electrons. The van der Waals surface area contributed by atoms with Gasteiger partial charge in [-0.2, -0.15) is 0 Å². The fourth-order valence-corrected chi connectivity index (χ4v) is 8.49. The van der Waals surface area contributed by atoms with Crippen molar-refractivity contribution < 1.29 is 38.5 Å². The number of aromatic nitrogens is 3. The predicted octanol–water partition coefficient (Wildman–Crippen LogP) is 16.7. The molecule has 5 heteroatoms. The second-order valence-electron chi connectivity index (χ2n) is 22.0. The van der Waals surface area contributed by atoms with Gasteiger partial charge in [-0.3, -0.25) is 9.55 Å². The maximum Gasteiger partial charge on any atom is 0.148 e. The zero-order valence-corrected chi connectivity index (χ0v) is 43.1. The first-order valence-electron chi connectivity index (χ1n) is 27.3. The van der Waals surface area contributed by atoms with Crippen molar-refractivity contribution >= 4 is 11.0 Å². The Morgan fingerprint density at radius 2 is 1.12 bits per heavy atom. The number of para-hydroxylation sites is 1. The minimum absolute atomic E-state index is 0. The number of rotatable bonds is 6. The molecule has 8 rings (SSSR count). The Morgan fingerprint density at radius 3 is 1.75 bits per heavy atom. The summed E-state index contributed by atoms with van der Waals surface area (Å²) >= 11 is 0. The van der Waals surface area contributed by atoms with E-state index in [2.05, 4.69) is 173 Å². The van der Waals surface area contributed by atoms with Crippen LogP contribution >= 0.6 is 0 Å². The van der Waals surface area contributed by atoms with Crippen LogP contribution in [0.25, 0.3) is 72.7 Å². The Kier molecular flexibility index (Phi) is 10.2. The van der Waals surface area contributed by atoms with Crippen LogP contribution in [0.5, 0.6) is 5.75 Å². The van der Waals surface area contributed by atoms with Gasteiger partial charge in [0.25, 0.3) is 0 Å². The molecule has 0 bridgehead atoms. The van der Waals surface area contributed by atoms with Crippen LogP contribution in [-0.4, -0.2) is 19.6 Å². The van der Waals surface area contributed by atoms with Crippen LogP contribution in [0.1, 0.15) is 144 Å². The number of phenolic OH excluding ortho intramolecular Hbond substituents is 1. The van der Waals surface area contributed by atoms with E-state index in [9.17, 15) is 5.11 Å². The topological polar surface area (TPSA) is 50.9 Å². The number of imidazole rings is 1. The van der Waals surface area contributed by atoms with E-state index >= 15 is 0 Å². The van der Waals surface area contributed by atoms with E-state index in [-0.39, 0.29) is 48.6 Å². The maximum absolute atomic E-state index is 12.6. The summed E-state index contributed by atoms with van der Waals surface area (Å²) in [4.78, 5) is 10.4. The molecule has 0 atom stereocenters. The summed E-state index contributed by atoms with van der Waals surface area (Å²) in [6.45, 7) is 15.9. The molecule has 0 aliphatic heterocycles. The maximum atomic E-state index is 12.6. The van der Waals surface area contributed by atoms with Crippen LogP contribution in [0.3, 0.4) is 0 Å². The second kappa shape index (κ2) is 17.8. The van der Waals surface area contributed by atoms with Crippen LogP contribution < -0.4 is 0 Å². The summed E-state index contributed by atoms with van der Waals surface area (Å²) in [5.74, 6) is 0.775. The van der Waals surface area contributed by atoms with Crippen molar-refractivity contribution in [3.05, 3.63) is 167 Å². The molecule has 0 aliphatic rings. The van der Waals surface area contributed by atoms with Crippen LogP contribution in [0.4, 0.5) is 0 Å². The van der Waals surface area contributed by atoms with E-state index in [1.54, 1.807) is 24.4 Å². The third-order valence-electron chi connectivity index (χ3n) is 12.6. The first kappa shape index (κ1) is 38.4. The molecule has 0 aliphatic carbocycles. The standard InChI is InChI=1S/C62H68N3O.Pt/c1-58(2,3)45-26-24-40(25-27-45)41-28-29-63-53(35-41)44-30-43(32-46(33-44)59(4,5)6)50-22-19-23-54-55(50)64-57(51-37-48(61(10,11)12)38-52(56(51)66)62(13,14)15)65(54)49-34-42(39-20-17-16-18-21-39)31-47(36-49)60(7,8)9;/h16-29,31-38,66H,1-15H3;/q-1;/i1D3,2D3,3D3;. The molecule has 1 N–H and O–H groups in total. The van der Waals surface area contributed by atoms with E-state index in [0.717, 1.165) is 55.7 Å². The van der Waals surface area contributed by atoms with Gasteiger partial charge in [0.05, 0.1) is 16.6 Å². The van der Waals surface area contributed by atoms with Crippen molar-refractivity contribution in [2.24, 2.45) is 0 Å². The van der Waals surface area contributed by atoms with Crippen molar-refractivity contribution in [2.75, 3.05) is 0 Å². The first-order chi connectivity index (χ1) is 34.5. The Labute approximate surface area is 427 Å². The number of fused-ring (bicyclic) bond motifs is 1. The summed E-state index contributed by atoms with van der Waals surface area (Å²) < 4.78 is 76.2. The second-order valence-corrected chi connectivity index (χ2v) is 22.0. The van der Waals surface area contributed by atoms with Crippen LogP contribution in [0.15, 0.2) is 134 Å². The summed E-state index contributed by atoms with van der Waals surface area (Å²) in [5, 5.41) is 12.6. The van der Waals surface area contributed by atoms with Crippen molar-refractivity contribution in [1.29, 1.82) is 0 Å². The average Bonchev–Trinajstić information content (AvgIpc) is 3.69. The molecule has 6 aromatic carbocycles. The van der Waals surface area contributed by atoms with Gasteiger partial charge in [-0.05, 0) is 96.4 Å². The van der Waals surface area contributed by atoms with Crippen LogP contribution in [0.2, 0.25) is 0 Å². The summed E-state index contributed by atoms with van der Waals surface area (Å²) in [6, 6.07) is 44.8. The van der Waals surface area contributed by atoms with Crippen molar-refractivity contribution in [2.45, 2.75) is 131 Å². The van der Waals surface area contributed by atoms with Gasteiger partial charge in [0.15, 0.2) is 0 Å². The Hall–Kier alpha value is -5.57. The number of nitrogens with zero attached hydrogens (tertiary/aromatic N) is 3. The molecule has 0 saturated heterocycles. The monoisotopic (exact) mass is 1070 g/mol. The minimum Gasteiger partial charge on any atom is -0.507 e. The van der Waals surface area contributed by atoms with E-state index in [4.69, 9.17) is 22.3 Å². The molecule has 67 heavy (non-hydrogen) atoms. The van der Waals surface area contributed by atoms with Gasteiger partial charge >= 0.3 is 0 Å². The van der Waals surface area contributed by atoms with E-state index in [0.29, 0.717) is 39.3 Å². The molecule has 348 valence electrons. The zero-order chi connectivity index (χ0) is 55.2. The first-order valence-corrected chi connectivity index (χ1v) is 22.8. The van der Waals surface area contributed by atoms with Crippen molar-refractivity contribution in [3.8, 4) is 67.5 Å². The molecular weight excluding hydrogens is 998 g/mol. The van der Waals surface area contributed by atoms with Gasteiger partial charge in [-0.15, -0.1) is 29.3 Å². The number of hydrogen-bond donors (Lipinski definition) is 1. The minimum atomic E-state index is -3.37. The molecule has 2 aromatic heterocycles. The van der Waals surface area contributed by atoms with Crippen molar-refractivity contribution in [3.63, 3.8) is 0 Å². The summed E-state index contributed by atoms with van der Waals surface area (Å²) in [5.41, 5.74) is 8.85. The Bertz CT molecular complexity index is 3400. The van der Waals surface area contributed by atoms with Crippen molar-refractivity contribution in [1.82, 2.24) is 14.5 Å². The quantitative estimate of drug-likeness (QED) is 0.169. The molecular formula is C62H68N3OPt-. The fourth-order valence-electron chi connectivity index (χ4n) is 8.49. The summed E-state index contributed by atoms with van der Waals surface area (Å²) in [7, 11) is 0. The largest absolute Gasteiger partial charge is 0.507 e. The number of aromatic hydroxyl groups is 1. The van der Waals surface area contributed by atoms with E-state index < -0.39 is 31.4 Å². The van der Waals surface area contributed by atoms with E-state index in [1.807, 2.05) is 18.2 Å². The van der Waals surface area contributed by atoms with Crippen LogP contribution in [0, 0.1) is 6.07 Å². The van der Waals surface area contributed by atoms with Gasteiger partial charge in [-0.1, -0.05) is 200 Å². The number of hydrogen-bond acceptors (Lipinski definition) is 3. The number of benzene rings is 6. The van der Waals surface area contributed by atoms with Gasteiger partial charge < -0.3 is 5.11 Å². The molecule has 0 fully saturated rings. The molecule has 0 saturated carbocycles. The predicted molar refractivity (Wildman–Crippen MR) is 280 cm³/mol. The zero-order valence-electron chi connectivity index (χ0n) is 49.8. The number of phenols is 1. The molecule has 8 aromatic rings. The average molecular weight is 1080 g/mol. The third kappa shape index (κ3) is 10.2. The van der Waals surface area contributed by atoms with Gasteiger partial charge in [0.2, 0.25) is 0 Å². The molecule has 4 nitrogen and oxygen atoms in total. The smallest absolute Gasteiger partial charge is 0.148 e.